The van der Waals surface area contributed by atoms with Gasteiger partial charge in [0.2, 0.25) is 5.91 Å². The van der Waals surface area contributed by atoms with Crippen LogP contribution in [0.25, 0.3) is 0 Å². The van der Waals surface area contributed by atoms with Crippen molar-refractivity contribution in [3.05, 3.63) is 0 Å². The molecule has 1 heterocycles. The molecule has 0 aromatic carbocycles. The normalized spacial score (nSPS) is 23.7. The lowest BCUT2D eigenvalue weighted by atomic mass is 9.77. The van der Waals surface area contributed by atoms with Gasteiger partial charge in [-0.1, -0.05) is 6.92 Å². The van der Waals surface area contributed by atoms with E-state index in [1.54, 1.807) is 7.11 Å². The van der Waals surface area contributed by atoms with E-state index in [0.717, 1.165) is 58.4 Å². The molecular formula is C16H31N3O2. The van der Waals surface area contributed by atoms with Gasteiger partial charge in [-0.2, -0.15) is 0 Å². The van der Waals surface area contributed by atoms with Crippen molar-refractivity contribution in [3.63, 3.8) is 0 Å². The van der Waals surface area contributed by atoms with Gasteiger partial charge in [0.1, 0.15) is 0 Å². The summed E-state index contributed by atoms with van der Waals surface area (Å²) in [6.07, 6.45) is 6.00. The zero-order valence-corrected chi connectivity index (χ0v) is 13.6. The SMILES string of the molecule is CCC(CCN)N1CCN(C(=O)CC2(OC)CCC2)CC1. The first kappa shape index (κ1) is 16.7. The molecule has 1 atom stereocenters. The number of carbonyl (C=O) groups is 1. The number of nitrogens with two attached hydrogens (primary N) is 1. The molecule has 1 saturated carbocycles. The molecular weight excluding hydrogens is 266 g/mol. The molecule has 2 fully saturated rings. The summed E-state index contributed by atoms with van der Waals surface area (Å²) in [5.41, 5.74) is 5.54. The van der Waals surface area contributed by atoms with Crippen LogP contribution >= 0.6 is 0 Å². The Balaban J connectivity index is 1.79. The number of carbonyl (C=O) groups excluding carboxylic acids is 1. The van der Waals surface area contributed by atoms with Crippen molar-refractivity contribution in [1.82, 2.24) is 9.80 Å². The van der Waals surface area contributed by atoms with Gasteiger partial charge in [0.15, 0.2) is 0 Å². The zero-order valence-electron chi connectivity index (χ0n) is 13.6. The maximum Gasteiger partial charge on any atom is 0.225 e. The third kappa shape index (κ3) is 3.96. The molecule has 122 valence electrons. The Labute approximate surface area is 128 Å². The van der Waals surface area contributed by atoms with Crippen LogP contribution in [0.4, 0.5) is 0 Å². The summed E-state index contributed by atoms with van der Waals surface area (Å²) in [4.78, 5) is 17.0. The molecule has 0 bridgehead atoms. The molecule has 5 nitrogen and oxygen atoms in total. The van der Waals surface area contributed by atoms with Gasteiger partial charge in [0.05, 0.1) is 12.0 Å². The summed E-state index contributed by atoms with van der Waals surface area (Å²) in [5, 5.41) is 0. The van der Waals surface area contributed by atoms with Crippen LogP contribution in [0.3, 0.4) is 0 Å². The van der Waals surface area contributed by atoms with E-state index in [-0.39, 0.29) is 11.5 Å². The van der Waals surface area contributed by atoms with E-state index in [1.807, 2.05) is 4.90 Å². The highest BCUT2D eigenvalue weighted by Gasteiger charge is 2.40. The number of piperazine rings is 1. The zero-order chi connectivity index (χ0) is 15.3. The van der Waals surface area contributed by atoms with Crippen molar-refractivity contribution in [2.24, 2.45) is 5.73 Å². The van der Waals surface area contributed by atoms with E-state index in [0.29, 0.717) is 12.5 Å². The highest BCUT2D eigenvalue weighted by molar-refractivity contribution is 5.77. The smallest absolute Gasteiger partial charge is 0.225 e. The van der Waals surface area contributed by atoms with E-state index in [4.69, 9.17) is 10.5 Å². The molecule has 21 heavy (non-hydrogen) atoms. The number of amides is 1. The summed E-state index contributed by atoms with van der Waals surface area (Å²) in [6.45, 7) is 6.61. The fourth-order valence-corrected chi connectivity index (χ4v) is 3.59. The summed E-state index contributed by atoms with van der Waals surface area (Å²) >= 11 is 0. The summed E-state index contributed by atoms with van der Waals surface area (Å²) < 4.78 is 5.57. The van der Waals surface area contributed by atoms with Crippen LogP contribution in [0, 0.1) is 0 Å². The molecule has 1 unspecified atom stereocenters. The predicted octanol–water partition coefficient (Wildman–Crippen LogP) is 1.22. The van der Waals surface area contributed by atoms with Gasteiger partial charge in [0, 0.05) is 39.3 Å². The highest BCUT2D eigenvalue weighted by atomic mass is 16.5. The average molecular weight is 297 g/mol. The Morgan fingerprint density at radius 1 is 1.29 bits per heavy atom. The molecule has 0 aromatic rings. The van der Waals surface area contributed by atoms with Crippen LogP contribution in [-0.4, -0.2) is 67.2 Å². The predicted molar refractivity (Wildman–Crippen MR) is 84.1 cm³/mol. The van der Waals surface area contributed by atoms with Gasteiger partial charge < -0.3 is 15.4 Å². The number of nitrogens with zero attached hydrogens (tertiary/aromatic N) is 2. The Hall–Kier alpha value is -0.650. The highest BCUT2D eigenvalue weighted by Crippen LogP contribution is 2.38. The van der Waals surface area contributed by atoms with Crippen molar-refractivity contribution in [2.45, 2.75) is 57.1 Å². The Morgan fingerprint density at radius 3 is 2.38 bits per heavy atom. The van der Waals surface area contributed by atoms with Crippen molar-refractivity contribution in [2.75, 3.05) is 39.8 Å². The number of hydrogen-bond acceptors (Lipinski definition) is 4. The molecule has 1 saturated heterocycles. The van der Waals surface area contributed by atoms with E-state index in [9.17, 15) is 4.79 Å². The Kier molecular flexibility index (Phi) is 6.02. The lowest BCUT2D eigenvalue weighted by Crippen LogP contribution is -2.54. The third-order valence-electron chi connectivity index (χ3n) is 5.33. The first-order chi connectivity index (χ1) is 10.1. The van der Waals surface area contributed by atoms with Crippen molar-refractivity contribution >= 4 is 5.91 Å². The topological polar surface area (TPSA) is 58.8 Å². The Morgan fingerprint density at radius 2 is 1.95 bits per heavy atom. The van der Waals surface area contributed by atoms with E-state index >= 15 is 0 Å². The third-order valence-corrected chi connectivity index (χ3v) is 5.33. The second-order valence-electron chi connectivity index (χ2n) is 6.47. The molecule has 2 N–H and O–H groups in total. The first-order valence-electron chi connectivity index (χ1n) is 8.41. The first-order valence-corrected chi connectivity index (χ1v) is 8.41. The van der Waals surface area contributed by atoms with Crippen LogP contribution in [0.1, 0.15) is 45.4 Å². The minimum atomic E-state index is -0.153. The van der Waals surface area contributed by atoms with E-state index < -0.39 is 0 Å². The molecule has 1 aliphatic heterocycles. The molecule has 2 rings (SSSR count). The number of rotatable bonds is 7. The van der Waals surface area contributed by atoms with Crippen LogP contribution in [-0.2, 0) is 9.53 Å². The fraction of sp³-hybridized carbons (Fsp3) is 0.938. The van der Waals surface area contributed by atoms with Gasteiger partial charge in [0.25, 0.3) is 0 Å². The van der Waals surface area contributed by atoms with E-state index in [1.165, 1.54) is 6.42 Å². The largest absolute Gasteiger partial charge is 0.378 e. The lowest BCUT2D eigenvalue weighted by molar-refractivity contribution is -0.146. The minimum Gasteiger partial charge on any atom is -0.378 e. The second-order valence-corrected chi connectivity index (χ2v) is 6.47. The molecule has 1 aliphatic carbocycles. The molecule has 5 heteroatoms. The van der Waals surface area contributed by atoms with E-state index in [2.05, 4.69) is 11.8 Å². The van der Waals surface area contributed by atoms with Crippen LogP contribution in [0.5, 0.6) is 0 Å². The van der Waals surface area contributed by atoms with Crippen molar-refractivity contribution < 1.29 is 9.53 Å². The number of hydrogen-bond donors (Lipinski definition) is 1. The van der Waals surface area contributed by atoms with Gasteiger partial charge in [-0.25, -0.2) is 0 Å². The van der Waals surface area contributed by atoms with Gasteiger partial charge in [-0.3, -0.25) is 9.69 Å². The lowest BCUT2D eigenvalue weighted by Gasteiger charge is -2.43. The Bertz CT molecular complexity index is 331. The maximum atomic E-state index is 12.4. The quantitative estimate of drug-likeness (QED) is 0.767. The van der Waals surface area contributed by atoms with Gasteiger partial charge in [-0.15, -0.1) is 0 Å². The molecule has 0 radical (unpaired) electrons. The van der Waals surface area contributed by atoms with Crippen LogP contribution in [0.2, 0.25) is 0 Å². The number of ether oxygens (including phenoxy) is 1. The number of methoxy groups -OCH3 is 1. The standard InChI is InChI=1S/C16H31N3O2/c1-3-14(5-8-17)18-9-11-19(12-10-18)15(20)13-16(21-2)6-4-7-16/h14H,3-13,17H2,1-2H3. The van der Waals surface area contributed by atoms with Crippen molar-refractivity contribution in [3.8, 4) is 0 Å². The van der Waals surface area contributed by atoms with Gasteiger partial charge in [-0.05, 0) is 38.6 Å². The monoisotopic (exact) mass is 297 g/mol. The summed E-state index contributed by atoms with van der Waals surface area (Å²) in [7, 11) is 1.74. The molecule has 1 amide bonds. The minimum absolute atomic E-state index is 0.153. The second kappa shape index (κ2) is 7.56. The molecule has 0 aromatic heterocycles. The summed E-state index contributed by atoms with van der Waals surface area (Å²) in [6, 6.07) is 0.573. The average Bonchev–Trinajstić information content (AvgIpc) is 2.48. The van der Waals surface area contributed by atoms with Crippen LogP contribution in [0.15, 0.2) is 0 Å². The summed E-state index contributed by atoms with van der Waals surface area (Å²) in [5.74, 6) is 0.267. The maximum absolute atomic E-state index is 12.4. The van der Waals surface area contributed by atoms with Crippen LogP contribution < -0.4 is 5.73 Å². The molecule has 2 aliphatic rings. The van der Waals surface area contributed by atoms with Crippen molar-refractivity contribution in [1.29, 1.82) is 0 Å². The van der Waals surface area contributed by atoms with Gasteiger partial charge >= 0.3 is 0 Å². The molecule has 0 spiro atoms. The fourth-order valence-electron chi connectivity index (χ4n) is 3.59.